The molecule has 1 aromatic carbocycles. The van der Waals surface area contributed by atoms with Crippen LogP contribution in [-0.4, -0.2) is 69.1 Å². The molecule has 0 aromatic heterocycles. The van der Waals surface area contributed by atoms with E-state index in [9.17, 15) is 5.11 Å². The summed E-state index contributed by atoms with van der Waals surface area (Å²) < 4.78 is 17.0. The molecule has 0 radical (unpaired) electrons. The quantitative estimate of drug-likeness (QED) is 0.902. The lowest BCUT2D eigenvalue weighted by Crippen LogP contribution is -2.61. The Morgan fingerprint density at radius 1 is 1.00 bits per heavy atom. The number of hydrogen-bond acceptors (Lipinski definition) is 6. The number of piperazine rings is 1. The number of rotatable bonds is 3. The van der Waals surface area contributed by atoms with Crippen LogP contribution in [-0.2, 0) is 6.42 Å². The van der Waals surface area contributed by atoms with Gasteiger partial charge in [0.25, 0.3) is 0 Å². The van der Waals surface area contributed by atoms with Crippen molar-refractivity contribution in [2.75, 3.05) is 42.0 Å². The molecule has 2 heterocycles. The molecule has 6 nitrogen and oxygen atoms in total. The van der Waals surface area contributed by atoms with Crippen molar-refractivity contribution in [2.45, 2.75) is 31.7 Å². The molecular formula is C17H26N2O4. The van der Waals surface area contributed by atoms with Gasteiger partial charge in [-0.1, -0.05) is 0 Å². The molecule has 1 aromatic rings. The van der Waals surface area contributed by atoms with Gasteiger partial charge in [-0.3, -0.25) is 9.80 Å². The highest BCUT2D eigenvalue weighted by molar-refractivity contribution is 5.65. The van der Waals surface area contributed by atoms with E-state index in [1.54, 1.807) is 21.3 Å². The maximum atomic E-state index is 10.5. The first-order valence-corrected chi connectivity index (χ1v) is 7.87. The van der Waals surface area contributed by atoms with Gasteiger partial charge in [0.05, 0.1) is 33.4 Å². The standard InChI is InChI=1S/C17H26N2O4/c1-9-14(21-4)10-7-11-17(20)18(2)8-12(19(11)3)13(10)16(23-6)15(9)22-5/h11-12,17,20H,7-8H2,1-6H3/t11-,12-,17-/m0/s1. The van der Waals surface area contributed by atoms with Gasteiger partial charge in [-0.05, 0) is 27.4 Å². The molecule has 1 fully saturated rings. The van der Waals surface area contributed by atoms with Gasteiger partial charge in [0.2, 0.25) is 0 Å². The Labute approximate surface area is 137 Å². The summed E-state index contributed by atoms with van der Waals surface area (Å²) in [6, 6.07) is 0.174. The van der Waals surface area contributed by atoms with Crippen LogP contribution in [0.25, 0.3) is 0 Å². The van der Waals surface area contributed by atoms with Crippen LogP contribution in [0.5, 0.6) is 17.2 Å². The highest BCUT2D eigenvalue weighted by atomic mass is 16.5. The number of hydrogen-bond donors (Lipinski definition) is 1. The summed E-state index contributed by atoms with van der Waals surface area (Å²) in [6.45, 7) is 2.71. The van der Waals surface area contributed by atoms with Crippen molar-refractivity contribution in [3.63, 3.8) is 0 Å². The van der Waals surface area contributed by atoms with Crippen molar-refractivity contribution >= 4 is 0 Å². The van der Waals surface area contributed by atoms with E-state index in [-0.39, 0.29) is 12.1 Å². The van der Waals surface area contributed by atoms with Crippen molar-refractivity contribution in [3.05, 3.63) is 16.7 Å². The zero-order valence-corrected chi connectivity index (χ0v) is 14.7. The van der Waals surface area contributed by atoms with Crippen LogP contribution in [0.15, 0.2) is 0 Å². The smallest absolute Gasteiger partial charge is 0.167 e. The Balaban J connectivity index is 2.28. The van der Waals surface area contributed by atoms with Gasteiger partial charge in [0.1, 0.15) is 12.0 Å². The van der Waals surface area contributed by atoms with E-state index in [4.69, 9.17) is 14.2 Å². The molecule has 1 saturated heterocycles. The monoisotopic (exact) mass is 322 g/mol. The van der Waals surface area contributed by atoms with Crippen molar-refractivity contribution in [2.24, 2.45) is 0 Å². The van der Waals surface area contributed by atoms with Crippen molar-refractivity contribution in [1.82, 2.24) is 9.80 Å². The number of nitrogens with zero attached hydrogens (tertiary/aromatic N) is 2. The van der Waals surface area contributed by atoms with Gasteiger partial charge in [0.15, 0.2) is 11.5 Å². The molecule has 2 aliphatic heterocycles. The fourth-order valence-electron chi connectivity index (χ4n) is 4.16. The van der Waals surface area contributed by atoms with Gasteiger partial charge < -0.3 is 19.3 Å². The van der Waals surface area contributed by atoms with Crippen LogP contribution >= 0.6 is 0 Å². The minimum Gasteiger partial charge on any atom is -0.496 e. The predicted octanol–water partition coefficient (Wildman–Crippen LogP) is 1.18. The molecule has 6 heteroatoms. The lowest BCUT2D eigenvalue weighted by atomic mass is 9.82. The Hall–Kier alpha value is -1.50. The molecular weight excluding hydrogens is 296 g/mol. The summed E-state index contributed by atoms with van der Waals surface area (Å²) in [5.41, 5.74) is 3.18. The van der Waals surface area contributed by atoms with E-state index >= 15 is 0 Å². The first kappa shape index (κ1) is 16.4. The Morgan fingerprint density at radius 3 is 2.17 bits per heavy atom. The topological polar surface area (TPSA) is 54.4 Å². The fourth-order valence-corrected chi connectivity index (χ4v) is 4.16. The van der Waals surface area contributed by atoms with Gasteiger partial charge in [-0.2, -0.15) is 0 Å². The van der Waals surface area contributed by atoms with E-state index in [0.29, 0.717) is 0 Å². The third-order valence-electron chi connectivity index (χ3n) is 5.36. The van der Waals surface area contributed by atoms with E-state index in [2.05, 4.69) is 11.9 Å². The number of aliphatic hydroxyl groups is 1. The van der Waals surface area contributed by atoms with Gasteiger partial charge in [-0.25, -0.2) is 0 Å². The second-order valence-electron chi connectivity index (χ2n) is 6.42. The highest BCUT2D eigenvalue weighted by Crippen LogP contribution is 2.51. The summed E-state index contributed by atoms with van der Waals surface area (Å²) >= 11 is 0. The fraction of sp³-hybridized carbons (Fsp3) is 0.647. The Morgan fingerprint density at radius 2 is 1.61 bits per heavy atom. The van der Waals surface area contributed by atoms with Crippen molar-refractivity contribution < 1.29 is 19.3 Å². The number of fused-ring (bicyclic) bond motifs is 4. The molecule has 0 amide bonds. The minimum absolute atomic E-state index is 0.0395. The van der Waals surface area contributed by atoms with Crippen LogP contribution in [0.2, 0.25) is 0 Å². The maximum absolute atomic E-state index is 10.5. The molecule has 128 valence electrons. The number of aliphatic hydroxyl groups excluding tert-OH is 1. The summed E-state index contributed by atoms with van der Waals surface area (Å²) in [4.78, 5) is 4.24. The SMILES string of the molecule is COc1c(C)c(OC)c(OC)c2c1C[C@H]1[C@H](O)N(C)C[C@@H]2N1C. The number of likely N-dealkylation sites (N-methyl/N-ethyl adjacent to an activating group) is 2. The third kappa shape index (κ3) is 2.20. The van der Waals surface area contributed by atoms with Gasteiger partial charge in [0, 0.05) is 23.2 Å². The molecule has 3 rings (SSSR count). The van der Waals surface area contributed by atoms with Crippen molar-refractivity contribution in [3.8, 4) is 17.2 Å². The normalized spacial score (nSPS) is 27.5. The average molecular weight is 322 g/mol. The van der Waals surface area contributed by atoms with E-state index in [1.165, 1.54) is 0 Å². The van der Waals surface area contributed by atoms with Gasteiger partial charge in [-0.15, -0.1) is 0 Å². The summed E-state index contributed by atoms with van der Waals surface area (Å²) in [5.74, 6) is 2.35. The second-order valence-corrected chi connectivity index (χ2v) is 6.42. The highest BCUT2D eigenvalue weighted by Gasteiger charge is 2.46. The molecule has 0 unspecified atom stereocenters. The summed E-state index contributed by atoms with van der Waals surface area (Å²) in [6.07, 6.45) is 0.237. The molecule has 1 N–H and O–H groups in total. The van der Waals surface area contributed by atoms with Crippen LogP contribution in [0.1, 0.15) is 22.7 Å². The molecule has 0 saturated carbocycles. The minimum atomic E-state index is -0.484. The lowest BCUT2D eigenvalue weighted by molar-refractivity contribution is -0.107. The van der Waals surface area contributed by atoms with E-state index in [0.717, 1.165) is 46.9 Å². The second kappa shape index (κ2) is 5.85. The zero-order valence-electron chi connectivity index (χ0n) is 14.7. The maximum Gasteiger partial charge on any atom is 0.167 e. The molecule has 2 aliphatic rings. The molecule has 3 atom stereocenters. The predicted molar refractivity (Wildman–Crippen MR) is 87.5 cm³/mol. The number of ether oxygens (including phenoxy) is 3. The molecule has 23 heavy (non-hydrogen) atoms. The first-order chi connectivity index (χ1) is 11.0. The lowest BCUT2D eigenvalue weighted by Gasteiger charge is -2.51. The van der Waals surface area contributed by atoms with Crippen LogP contribution in [0.4, 0.5) is 0 Å². The summed E-state index contributed by atoms with van der Waals surface area (Å²) in [7, 11) is 9.04. The zero-order chi connectivity index (χ0) is 16.9. The van der Waals surface area contributed by atoms with Crippen LogP contribution < -0.4 is 14.2 Å². The van der Waals surface area contributed by atoms with E-state index in [1.807, 2.05) is 18.9 Å². The first-order valence-electron chi connectivity index (χ1n) is 7.87. The average Bonchev–Trinajstić information content (AvgIpc) is 2.53. The largest absolute Gasteiger partial charge is 0.496 e. The third-order valence-corrected chi connectivity index (χ3v) is 5.36. The number of methoxy groups -OCH3 is 3. The van der Waals surface area contributed by atoms with Crippen LogP contribution in [0, 0.1) is 6.92 Å². The van der Waals surface area contributed by atoms with Crippen LogP contribution in [0.3, 0.4) is 0 Å². The molecule has 2 bridgehead atoms. The van der Waals surface area contributed by atoms with Crippen molar-refractivity contribution in [1.29, 1.82) is 0 Å². The molecule has 0 spiro atoms. The number of benzene rings is 1. The molecule has 0 aliphatic carbocycles. The summed E-state index contributed by atoms with van der Waals surface area (Å²) in [5, 5.41) is 10.5. The van der Waals surface area contributed by atoms with E-state index < -0.39 is 6.23 Å². The Kier molecular flexibility index (Phi) is 4.16. The van der Waals surface area contributed by atoms with Gasteiger partial charge >= 0.3 is 0 Å². The Bertz CT molecular complexity index is 619.